The SMILES string of the molecule is N#CC1=C(N)OC2=C(C(=O)C[C@@H](c3ccccc3)C2)[C@@]12C(=O)Nc1ccc([N+](=O)[O-])cc12. The van der Waals surface area contributed by atoms with Gasteiger partial charge in [-0.05, 0) is 17.5 Å². The molecule has 1 amide bonds. The number of nitro benzene ring substituents is 1. The number of non-ortho nitro benzene ring substituents is 1. The molecule has 3 N–H and O–H groups in total. The molecule has 2 aliphatic heterocycles. The Morgan fingerprint density at radius 2 is 1.94 bits per heavy atom. The zero-order valence-electron chi connectivity index (χ0n) is 16.6. The molecular formula is C23H16N4O5. The second-order valence-corrected chi connectivity index (χ2v) is 7.88. The lowest BCUT2D eigenvalue weighted by atomic mass is 9.63. The average molecular weight is 428 g/mol. The Morgan fingerprint density at radius 1 is 1.19 bits per heavy atom. The molecular weight excluding hydrogens is 412 g/mol. The Balaban J connectivity index is 1.76. The van der Waals surface area contributed by atoms with E-state index >= 15 is 0 Å². The minimum atomic E-state index is -1.88. The molecule has 0 bridgehead atoms. The van der Waals surface area contributed by atoms with Crippen molar-refractivity contribution in [3.05, 3.63) is 92.6 Å². The summed E-state index contributed by atoms with van der Waals surface area (Å²) in [6.45, 7) is 0. The van der Waals surface area contributed by atoms with Crippen molar-refractivity contribution in [1.29, 1.82) is 5.26 Å². The summed E-state index contributed by atoms with van der Waals surface area (Å²) in [6, 6.07) is 15.2. The van der Waals surface area contributed by atoms with E-state index in [1.807, 2.05) is 36.4 Å². The number of nitro groups is 1. The van der Waals surface area contributed by atoms with Crippen LogP contribution in [0.3, 0.4) is 0 Å². The fraction of sp³-hybridized carbons (Fsp3) is 0.174. The van der Waals surface area contributed by atoms with E-state index in [4.69, 9.17) is 10.5 Å². The van der Waals surface area contributed by atoms with Crippen LogP contribution in [-0.2, 0) is 19.7 Å². The zero-order valence-corrected chi connectivity index (χ0v) is 16.6. The third-order valence-corrected chi connectivity index (χ3v) is 6.24. The normalized spacial score (nSPS) is 23.9. The van der Waals surface area contributed by atoms with Gasteiger partial charge in [-0.2, -0.15) is 5.26 Å². The van der Waals surface area contributed by atoms with E-state index in [1.54, 1.807) is 0 Å². The molecule has 0 aromatic heterocycles. The van der Waals surface area contributed by atoms with Gasteiger partial charge in [0.25, 0.3) is 5.69 Å². The van der Waals surface area contributed by atoms with Crippen LogP contribution in [0.5, 0.6) is 0 Å². The number of Topliss-reactive ketones (excluding diaryl/α,β-unsaturated/α-hetero) is 1. The standard InChI is InChI=1S/C23H16N4O5/c24-11-16-21(25)32-19-9-13(12-4-2-1-3-5-12)8-18(28)20(19)23(16)15-10-14(27(30)31)6-7-17(15)26-22(23)29/h1-7,10,13H,8-9,25H2,(H,26,29)/t13-,23+/m1/s1. The van der Waals surface area contributed by atoms with Crippen molar-refractivity contribution < 1.29 is 19.2 Å². The fourth-order valence-corrected chi connectivity index (χ4v) is 4.88. The van der Waals surface area contributed by atoms with E-state index in [1.165, 1.54) is 18.2 Å². The summed E-state index contributed by atoms with van der Waals surface area (Å²) in [7, 11) is 0. The van der Waals surface area contributed by atoms with Gasteiger partial charge in [0.2, 0.25) is 11.8 Å². The Hall–Kier alpha value is -4.45. The number of hydrogen-bond donors (Lipinski definition) is 2. The lowest BCUT2D eigenvalue weighted by Gasteiger charge is -2.38. The summed E-state index contributed by atoms with van der Waals surface area (Å²) in [4.78, 5) is 37.7. The molecule has 0 fully saturated rings. The molecule has 1 aliphatic carbocycles. The Kier molecular flexibility index (Phi) is 4.14. The number of nitrogens with two attached hydrogens (primary N) is 1. The van der Waals surface area contributed by atoms with Crippen LogP contribution in [0.15, 0.2) is 71.3 Å². The molecule has 2 heterocycles. The number of fused-ring (bicyclic) bond motifs is 3. The second-order valence-electron chi connectivity index (χ2n) is 7.88. The van der Waals surface area contributed by atoms with Crippen LogP contribution < -0.4 is 11.1 Å². The Morgan fingerprint density at radius 3 is 2.62 bits per heavy atom. The van der Waals surface area contributed by atoms with E-state index in [0.29, 0.717) is 6.42 Å². The first-order valence-electron chi connectivity index (χ1n) is 9.88. The van der Waals surface area contributed by atoms with Crippen LogP contribution in [0.2, 0.25) is 0 Å². The third kappa shape index (κ3) is 2.50. The van der Waals surface area contributed by atoms with Gasteiger partial charge in [-0.3, -0.25) is 19.7 Å². The van der Waals surface area contributed by atoms with Crippen LogP contribution in [0, 0.1) is 21.4 Å². The maximum absolute atomic E-state index is 13.5. The highest BCUT2D eigenvalue weighted by Crippen LogP contribution is 2.55. The van der Waals surface area contributed by atoms with E-state index in [0.717, 1.165) is 5.56 Å². The molecule has 0 saturated heterocycles. The van der Waals surface area contributed by atoms with Crippen molar-refractivity contribution in [2.24, 2.45) is 5.73 Å². The number of rotatable bonds is 2. The van der Waals surface area contributed by atoms with Gasteiger partial charge in [0.1, 0.15) is 22.8 Å². The van der Waals surface area contributed by atoms with Gasteiger partial charge in [-0.1, -0.05) is 30.3 Å². The van der Waals surface area contributed by atoms with Crippen LogP contribution in [0.4, 0.5) is 11.4 Å². The number of amides is 1. The molecule has 158 valence electrons. The van der Waals surface area contributed by atoms with Crippen molar-refractivity contribution in [3.63, 3.8) is 0 Å². The first-order valence-corrected chi connectivity index (χ1v) is 9.88. The van der Waals surface area contributed by atoms with E-state index < -0.39 is 16.2 Å². The lowest BCUT2D eigenvalue weighted by molar-refractivity contribution is -0.384. The number of nitrogens with one attached hydrogen (secondary N) is 1. The molecule has 32 heavy (non-hydrogen) atoms. The molecule has 3 aliphatic rings. The number of allylic oxidation sites excluding steroid dienone is 1. The van der Waals surface area contributed by atoms with Crippen LogP contribution in [0.25, 0.3) is 0 Å². The monoisotopic (exact) mass is 428 g/mol. The minimum Gasteiger partial charge on any atom is -0.444 e. The van der Waals surface area contributed by atoms with Crippen molar-refractivity contribution in [2.45, 2.75) is 24.2 Å². The van der Waals surface area contributed by atoms with Gasteiger partial charge in [0.15, 0.2) is 5.78 Å². The van der Waals surface area contributed by atoms with Gasteiger partial charge < -0.3 is 15.8 Å². The number of ketones is 1. The molecule has 0 unspecified atom stereocenters. The van der Waals surface area contributed by atoms with Gasteiger partial charge in [-0.15, -0.1) is 0 Å². The highest BCUT2D eigenvalue weighted by molar-refractivity contribution is 6.19. The molecule has 2 atom stereocenters. The zero-order chi connectivity index (χ0) is 22.6. The third-order valence-electron chi connectivity index (χ3n) is 6.24. The molecule has 1 spiro atoms. The fourth-order valence-electron chi connectivity index (χ4n) is 4.88. The van der Waals surface area contributed by atoms with E-state index in [2.05, 4.69) is 5.32 Å². The first-order chi connectivity index (χ1) is 15.4. The lowest BCUT2D eigenvalue weighted by Crippen LogP contribution is -2.47. The largest absolute Gasteiger partial charge is 0.444 e. The molecule has 9 nitrogen and oxygen atoms in total. The van der Waals surface area contributed by atoms with Gasteiger partial charge in [0, 0.05) is 36.2 Å². The van der Waals surface area contributed by atoms with Crippen molar-refractivity contribution in [1.82, 2.24) is 0 Å². The van der Waals surface area contributed by atoms with Gasteiger partial charge in [0.05, 0.1) is 10.5 Å². The summed E-state index contributed by atoms with van der Waals surface area (Å²) in [5.41, 5.74) is 5.06. The maximum atomic E-state index is 13.5. The van der Waals surface area contributed by atoms with E-state index in [-0.39, 0.29) is 57.8 Å². The topological polar surface area (TPSA) is 148 Å². The summed E-state index contributed by atoms with van der Waals surface area (Å²) in [5, 5.41) is 24.0. The Labute approximate surface area is 181 Å². The van der Waals surface area contributed by atoms with Crippen molar-refractivity contribution in [3.8, 4) is 6.07 Å². The number of hydrogen-bond acceptors (Lipinski definition) is 7. The number of nitrogens with zero attached hydrogens (tertiary/aromatic N) is 2. The smallest absolute Gasteiger partial charge is 0.269 e. The molecule has 2 aromatic rings. The first kappa shape index (κ1) is 19.5. The molecule has 0 radical (unpaired) electrons. The molecule has 5 rings (SSSR count). The van der Waals surface area contributed by atoms with Gasteiger partial charge in [-0.25, -0.2) is 0 Å². The minimum absolute atomic E-state index is 0.0205. The van der Waals surface area contributed by atoms with Crippen LogP contribution in [0.1, 0.15) is 29.9 Å². The number of ether oxygens (including phenoxy) is 1. The Bertz CT molecular complexity index is 1320. The quantitative estimate of drug-likeness (QED) is 0.552. The number of anilines is 1. The summed E-state index contributed by atoms with van der Waals surface area (Å²) < 4.78 is 5.72. The average Bonchev–Trinajstić information content (AvgIpc) is 3.05. The molecule has 0 saturated carbocycles. The molecule has 2 aromatic carbocycles. The highest BCUT2D eigenvalue weighted by Gasteiger charge is 2.60. The number of benzene rings is 2. The second kappa shape index (κ2) is 6.78. The summed E-state index contributed by atoms with van der Waals surface area (Å²) in [6.07, 6.45) is 0.397. The predicted octanol–water partition coefficient (Wildman–Crippen LogP) is 2.91. The predicted molar refractivity (Wildman–Crippen MR) is 112 cm³/mol. The van der Waals surface area contributed by atoms with Crippen LogP contribution >= 0.6 is 0 Å². The summed E-state index contributed by atoms with van der Waals surface area (Å²) in [5.74, 6) is -1.29. The number of nitriles is 1. The maximum Gasteiger partial charge on any atom is 0.269 e. The highest BCUT2D eigenvalue weighted by atomic mass is 16.6. The van der Waals surface area contributed by atoms with Gasteiger partial charge >= 0.3 is 0 Å². The number of carbonyl (C=O) groups excluding carboxylic acids is 2. The summed E-state index contributed by atoms with van der Waals surface area (Å²) >= 11 is 0. The van der Waals surface area contributed by atoms with E-state index in [9.17, 15) is 25.0 Å². The van der Waals surface area contributed by atoms with Crippen molar-refractivity contribution >= 4 is 23.1 Å². The molecule has 9 heteroatoms. The number of carbonyl (C=O) groups is 2. The van der Waals surface area contributed by atoms with Crippen molar-refractivity contribution in [2.75, 3.05) is 5.32 Å². The van der Waals surface area contributed by atoms with Crippen LogP contribution in [-0.4, -0.2) is 16.6 Å².